The van der Waals surface area contributed by atoms with E-state index in [4.69, 9.17) is 0 Å². The van der Waals surface area contributed by atoms with Gasteiger partial charge in [0.25, 0.3) is 0 Å². The second kappa shape index (κ2) is 6.82. The van der Waals surface area contributed by atoms with Gasteiger partial charge in [0.2, 0.25) is 0 Å². The van der Waals surface area contributed by atoms with E-state index in [9.17, 15) is 5.11 Å². The Labute approximate surface area is 111 Å². The zero-order valence-electron chi connectivity index (χ0n) is 11.9. The summed E-state index contributed by atoms with van der Waals surface area (Å²) in [7, 11) is 4.33. The van der Waals surface area contributed by atoms with Gasteiger partial charge in [0.15, 0.2) is 0 Å². The third kappa shape index (κ3) is 4.48. The lowest BCUT2D eigenvalue weighted by Gasteiger charge is -2.36. The number of β-amino-alcohol motifs (C(OH)–C–C–N with tert-alkyl or cyclic N) is 1. The first-order valence-corrected chi connectivity index (χ1v) is 7.13. The fourth-order valence-corrected chi connectivity index (χ4v) is 2.71. The molecule has 5 nitrogen and oxygen atoms in total. The highest BCUT2D eigenvalue weighted by Crippen LogP contribution is 2.04. The number of rotatable bonds is 4. The highest BCUT2D eigenvalue weighted by molar-refractivity contribution is 4.76. The first-order chi connectivity index (χ1) is 8.63. The highest BCUT2D eigenvalue weighted by Gasteiger charge is 2.20. The number of nitrogens with zero attached hydrogens (tertiary/aromatic N) is 4. The molecule has 2 rings (SSSR count). The normalized spacial score (nSPS) is 26.0. The minimum Gasteiger partial charge on any atom is -0.390 e. The van der Waals surface area contributed by atoms with Crippen molar-refractivity contribution in [2.75, 3.05) is 79.5 Å². The molecule has 18 heavy (non-hydrogen) atoms. The molecule has 2 fully saturated rings. The number of hydrogen-bond donors (Lipinski definition) is 1. The van der Waals surface area contributed by atoms with E-state index in [1.807, 2.05) is 0 Å². The molecule has 2 aliphatic rings. The predicted octanol–water partition coefficient (Wildman–Crippen LogP) is -1.16. The molecule has 0 bridgehead atoms. The Morgan fingerprint density at radius 1 is 0.722 bits per heavy atom. The van der Waals surface area contributed by atoms with Gasteiger partial charge in [-0.05, 0) is 14.1 Å². The Morgan fingerprint density at radius 3 is 1.39 bits per heavy atom. The maximum Gasteiger partial charge on any atom is 0.0793 e. The van der Waals surface area contributed by atoms with Gasteiger partial charge in [-0.2, -0.15) is 0 Å². The molecule has 0 amide bonds. The van der Waals surface area contributed by atoms with Crippen LogP contribution in [-0.2, 0) is 0 Å². The van der Waals surface area contributed by atoms with E-state index < -0.39 is 0 Å². The van der Waals surface area contributed by atoms with Crippen LogP contribution in [-0.4, -0.2) is 110 Å². The number of aliphatic hydroxyl groups excluding tert-OH is 1. The third-order valence-corrected chi connectivity index (χ3v) is 4.13. The van der Waals surface area contributed by atoms with E-state index in [0.717, 1.165) is 65.4 Å². The quantitative estimate of drug-likeness (QED) is 0.686. The lowest BCUT2D eigenvalue weighted by atomic mass is 10.2. The molecule has 2 saturated heterocycles. The molecule has 0 saturated carbocycles. The van der Waals surface area contributed by atoms with E-state index in [-0.39, 0.29) is 6.10 Å². The van der Waals surface area contributed by atoms with Crippen molar-refractivity contribution in [3.05, 3.63) is 0 Å². The van der Waals surface area contributed by atoms with Crippen LogP contribution in [0.4, 0.5) is 0 Å². The monoisotopic (exact) mass is 256 g/mol. The van der Waals surface area contributed by atoms with Crippen LogP contribution in [0.3, 0.4) is 0 Å². The van der Waals surface area contributed by atoms with Crippen LogP contribution in [0.1, 0.15) is 0 Å². The van der Waals surface area contributed by atoms with Gasteiger partial charge < -0.3 is 14.9 Å². The van der Waals surface area contributed by atoms with Crippen molar-refractivity contribution in [1.29, 1.82) is 0 Å². The maximum absolute atomic E-state index is 10.2. The fourth-order valence-electron chi connectivity index (χ4n) is 2.71. The van der Waals surface area contributed by atoms with Crippen molar-refractivity contribution in [1.82, 2.24) is 19.6 Å². The highest BCUT2D eigenvalue weighted by atomic mass is 16.3. The molecule has 2 heterocycles. The molecule has 2 aliphatic heterocycles. The lowest BCUT2D eigenvalue weighted by molar-refractivity contribution is 0.0423. The Bertz CT molecular complexity index is 211. The Hall–Kier alpha value is -0.200. The summed E-state index contributed by atoms with van der Waals surface area (Å²) in [5.74, 6) is 0. The van der Waals surface area contributed by atoms with E-state index >= 15 is 0 Å². The van der Waals surface area contributed by atoms with E-state index in [1.165, 1.54) is 0 Å². The van der Waals surface area contributed by atoms with Crippen LogP contribution in [0.5, 0.6) is 0 Å². The average molecular weight is 256 g/mol. The summed E-state index contributed by atoms with van der Waals surface area (Å²) in [5.41, 5.74) is 0. The topological polar surface area (TPSA) is 33.2 Å². The molecule has 0 spiro atoms. The molecule has 0 radical (unpaired) electrons. The predicted molar refractivity (Wildman–Crippen MR) is 73.9 cm³/mol. The van der Waals surface area contributed by atoms with Gasteiger partial charge in [-0.15, -0.1) is 0 Å². The van der Waals surface area contributed by atoms with Crippen LogP contribution in [0, 0.1) is 0 Å². The zero-order valence-corrected chi connectivity index (χ0v) is 11.9. The van der Waals surface area contributed by atoms with Crippen molar-refractivity contribution in [2.45, 2.75) is 6.10 Å². The summed E-state index contributed by atoms with van der Waals surface area (Å²) in [4.78, 5) is 9.48. The summed E-state index contributed by atoms with van der Waals surface area (Å²) < 4.78 is 0. The zero-order chi connectivity index (χ0) is 13.0. The van der Waals surface area contributed by atoms with Crippen LogP contribution >= 0.6 is 0 Å². The largest absolute Gasteiger partial charge is 0.390 e. The Morgan fingerprint density at radius 2 is 1.06 bits per heavy atom. The van der Waals surface area contributed by atoms with Gasteiger partial charge in [-0.3, -0.25) is 9.80 Å². The molecule has 5 heteroatoms. The van der Waals surface area contributed by atoms with Gasteiger partial charge in [0.1, 0.15) is 0 Å². The second-order valence-electron chi connectivity index (χ2n) is 5.86. The van der Waals surface area contributed by atoms with E-state index in [0.29, 0.717) is 0 Å². The number of likely N-dealkylation sites (N-methyl/N-ethyl adjacent to an activating group) is 2. The summed E-state index contributed by atoms with van der Waals surface area (Å²) >= 11 is 0. The molecular formula is C13H28N4O. The molecule has 0 atom stereocenters. The summed E-state index contributed by atoms with van der Waals surface area (Å²) in [6, 6.07) is 0. The standard InChI is InChI=1S/C13H28N4O/c1-14-3-7-16(8-4-14)11-13(18)12-17-9-5-15(2)6-10-17/h13,18H,3-12H2,1-2H3. The smallest absolute Gasteiger partial charge is 0.0793 e. The summed E-state index contributed by atoms with van der Waals surface area (Å²) in [6.07, 6.45) is -0.197. The molecule has 0 aliphatic carbocycles. The minimum atomic E-state index is -0.197. The molecule has 0 aromatic heterocycles. The van der Waals surface area contributed by atoms with Gasteiger partial charge >= 0.3 is 0 Å². The van der Waals surface area contributed by atoms with Crippen molar-refractivity contribution in [3.63, 3.8) is 0 Å². The van der Waals surface area contributed by atoms with Crippen LogP contribution in [0.25, 0.3) is 0 Å². The van der Waals surface area contributed by atoms with Crippen LogP contribution in [0.2, 0.25) is 0 Å². The van der Waals surface area contributed by atoms with E-state index in [2.05, 4.69) is 33.7 Å². The third-order valence-electron chi connectivity index (χ3n) is 4.13. The van der Waals surface area contributed by atoms with Gasteiger partial charge in [0.05, 0.1) is 6.10 Å². The van der Waals surface area contributed by atoms with Gasteiger partial charge in [-0.1, -0.05) is 0 Å². The number of aliphatic hydroxyl groups is 1. The molecule has 0 aromatic carbocycles. The summed E-state index contributed by atoms with van der Waals surface area (Å²) in [5, 5.41) is 10.2. The van der Waals surface area contributed by atoms with Crippen LogP contribution in [0.15, 0.2) is 0 Å². The first kappa shape index (κ1) is 14.2. The fraction of sp³-hybridized carbons (Fsp3) is 1.00. The average Bonchev–Trinajstić information content (AvgIpc) is 2.35. The Balaban J connectivity index is 1.64. The Kier molecular flexibility index (Phi) is 5.38. The van der Waals surface area contributed by atoms with Gasteiger partial charge in [-0.25, -0.2) is 0 Å². The second-order valence-corrected chi connectivity index (χ2v) is 5.86. The summed E-state index contributed by atoms with van der Waals surface area (Å²) in [6.45, 7) is 10.5. The first-order valence-electron chi connectivity index (χ1n) is 7.13. The SMILES string of the molecule is CN1CCN(CC(O)CN2CCN(C)CC2)CC1. The molecular weight excluding hydrogens is 228 g/mol. The maximum atomic E-state index is 10.2. The molecule has 106 valence electrons. The minimum absolute atomic E-state index is 0.197. The molecule has 0 unspecified atom stereocenters. The van der Waals surface area contributed by atoms with Crippen molar-refractivity contribution in [3.8, 4) is 0 Å². The lowest BCUT2D eigenvalue weighted by Crippen LogP contribution is -2.51. The molecule has 0 aromatic rings. The van der Waals surface area contributed by atoms with E-state index in [1.54, 1.807) is 0 Å². The number of piperazine rings is 2. The van der Waals surface area contributed by atoms with Crippen molar-refractivity contribution in [2.24, 2.45) is 0 Å². The molecule has 1 N–H and O–H groups in total. The van der Waals surface area contributed by atoms with Crippen LogP contribution < -0.4 is 0 Å². The van der Waals surface area contributed by atoms with Gasteiger partial charge in [0, 0.05) is 65.4 Å². The van der Waals surface area contributed by atoms with Crippen molar-refractivity contribution >= 4 is 0 Å². The van der Waals surface area contributed by atoms with Crippen molar-refractivity contribution < 1.29 is 5.11 Å². The number of hydrogen-bond acceptors (Lipinski definition) is 5.